The Morgan fingerprint density at radius 2 is 2.24 bits per heavy atom. The van der Waals surface area contributed by atoms with Gasteiger partial charge in [0.25, 0.3) is 0 Å². The minimum absolute atomic E-state index is 0.000604. The second-order valence-electron chi connectivity index (χ2n) is 6.50. The lowest BCUT2D eigenvalue weighted by Crippen LogP contribution is -2.18. The number of hydrogen-bond donors (Lipinski definition) is 1. The average molecular weight is 331 g/mol. The van der Waals surface area contributed by atoms with Crippen molar-refractivity contribution in [2.24, 2.45) is 11.8 Å². The van der Waals surface area contributed by atoms with Gasteiger partial charge in [0.1, 0.15) is 12.0 Å². The van der Waals surface area contributed by atoms with Crippen molar-refractivity contribution in [3.05, 3.63) is 31.0 Å². The minimum Gasteiger partial charge on any atom is -0.346 e. The molecule has 3 aromatic heterocycles. The molecule has 1 aliphatic rings. The zero-order chi connectivity index (χ0) is 17.2. The molecule has 3 unspecified atom stereocenters. The summed E-state index contributed by atoms with van der Waals surface area (Å²) in [5.74, 6) is 0.414. The van der Waals surface area contributed by atoms with Gasteiger partial charge in [-0.2, -0.15) is 15.6 Å². The van der Waals surface area contributed by atoms with Crippen LogP contribution in [0.3, 0.4) is 0 Å². The van der Waals surface area contributed by atoms with Crippen molar-refractivity contribution in [2.75, 3.05) is 0 Å². The fourth-order valence-corrected chi connectivity index (χ4v) is 3.80. The van der Waals surface area contributed by atoms with Crippen LogP contribution in [0.25, 0.3) is 22.3 Å². The van der Waals surface area contributed by atoms with Crippen LogP contribution in [0.15, 0.2) is 31.0 Å². The molecule has 124 valence electrons. The van der Waals surface area contributed by atoms with E-state index in [0.29, 0.717) is 12.3 Å². The highest BCUT2D eigenvalue weighted by atomic mass is 15.3. The number of aromatic amines is 1. The third-order valence-electron chi connectivity index (χ3n) is 5.07. The molecule has 7 nitrogen and oxygen atoms in total. The highest BCUT2D eigenvalue weighted by molar-refractivity contribution is 5.89. The molecule has 0 radical (unpaired) electrons. The summed E-state index contributed by atoms with van der Waals surface area (Å²) in [6, 6.07) is 6.58. The molecule has 0 aromatic carbocycles. The summed E-state index contributed by atoms with van der Waals surface area (Å²) < 4.78 is 1.88. The van der Waals surface area contributed by atoms with E-state index in [1.165, 1.54) is 6.33 Å². The van der Waals surface area contributed by atoms with Gasteiger partial charge in [0.2, 0.25) is 0 Å². The van der Waals surface area contributed by atoms with E-state index in [4.69, 9.17) is 5.26 Å². The first-order chi connectivity index (χ1) is 12.3. The molecule has 0 saturated heterocycles. The number of nitrogens with zero attached hydrogens (tertiary/aromatic N) is 6. The lowest BCUT2D eigenvalue weighted by atomic mass is 9.95. The molecule has 0 aliphatic heterocycles. The Bertz CT molecular complexity index is 971. The number of aromatic nitrogens is 5. The second kappa shape index (κ2) is 6.37. The van der Waals surface area contributed by atoms with Crippen LogP contribution in [0.4, 0.5) is 0 Å². The molecule has 25 heavy (non-hydrogen) atoms. The van der Waals surface area contributed by atoms with Gasteiger partial charge in [0.05, 0.1) is 36.5 Å². The van der Waals surface area contributed by atoms with Gasteiger partial charge in [0.15, 0.2) is 0 Å². The molecular formula is C18H17N7. The van der Waals surface area contributed by atoms with Crippen molar-refractivity contribution in [3.63, 3.8) is 0 Å². The Morgan fingerprint density at radius 1 is 1.32 bits per heavy atom. The van der Waals surface area contributed by atoms with Crippen molar-refractivity contribution < 1.29 is 0 Å². The van der Waals surface area contributed by atoms with Gasteiger partial charge < -0.3 is 4.98 Å². The summed E-state index contributed by atoms with van der Waals surface area (Å²) in [6.45, 7) is 0. The van der Waals surface area contributed by atoms with Crippen LogP contribution >= 0.6 is 0 Å². The average Bonchev–Trinajstić information content (AvgIpc) is 3.39. The number of hydrogen-bond acceptors (Lipinski definition) is 5. The molecule has 1 fully saturated rings. The molecule has 1 saturated carbocycles. The van der Waals surface area contributed by atoms with E-state index in [1.807, 2.05) is 23.1 Å². The Kier molecular flexibility index (Phi) is 3.91. The normalized spacial score (nSPS) is 21.0. The second-order valence-corrected chi connectivity index (χ2v) is 6.50. The van der Waals surface area contributed by atoms with Crippen LogP contribution < -0.4 is 0 Å². The molecule has 1 N–H and O–H groups in total. The third kappa shape index (κ3) is 2.74. The summed E-state index contributed by atoms with van der Waals surface area (Å²) in [5, 5.41) is 23.8. The van der Waals surface area contributed by atoms with Gasteiger partial charge in [-0.05, 0) is 31.2 Å². The van der Waals surface area contributed by atoms with Crippen LogP contribution in [-0.4, -0.2) is 24.7 Å². The van der Waals surface area contributed by atoms with Crippen molar-refractivity contribution in [3.8, 4) is 23.4 Å². The van der Waals surface area contributed by atoms with E-state index >= 15 is 0 Å². The van der Waals surface area contributed by atoms with Crippen molar-refractivity contribution in [2.45, 2.75) is 31.7 Å². The van der Waals surface area contributed by atoms with Gasteiger partial charge in [-0.3, -0.25) is 4.68 Å². The first kappa shape index (κ1) is 15.3. The quantitative estimate of drug-likeness (QED) is 0.790. The van der Waals surface area contributed by atoms with Crippen molar-refractivity contribution >= 4 is 11.0 Å². The molecule has 0 bridgehead atoms. The standard InChI is InChI=1S/C18H17N7/c19-5-3-16(13-2-1-12(7-13)8-20)25-10-14(9-24-25)17-15-4-6-21-18(15)23-11-22-17/h4,6,9-13,16H,1-3,7H2,(H,21,22,23). The molecule has 7 heteroatoms. The van der Waals surface area contributed by atoms with Crippen LogP contribution in [0, 0.1) is 34.5 Å². The fraction of sp³-hybridized carbons (Fsp3) is 0.389. The number of rotatable bonds is 4. The zero-order valence-corrected chi connectivity index (χ0v) is 13.6. The maximum Gasteiger partial charge on any atom is 0.141 e. The Labute approximate surface area is 144 Å². The summed E-state index contributed by atoms with van der Waals surface area (Å²) in [5.41, 5.74) is 2.53. The molecule has 1 aliphatic carbocycles. The topological polar surface area (TPSA) is 107 Å². The van der Waals surface area contributed by atoms with Crippen LogP contribution in [-0.2, 0) is 0 Å². The van der Waals surface area contributed by atoms with E-state index in [0.717, 1.165) is 41.6 Å². The summed E-state index contributed by atoms with van der Waals surface area (Å²) >= 11 is 0. The lowest BCUT2D eigenvalue weighted by molar-refractivity contribution is 0.311. The Morgan fingerprint density at radius 3 is 3.04 bits per heavy atom. The van der Waals surface area contributed by atoms with Gasteiger partial charge in [0, 0.05) is 29.3 Å². The Balaban J connectivity index is 1.66. The van der Waals surface area contributed by atoms with E-state index in [1.54, 1.807) is 6.20 Å². The maximum absolute atomic E-state index is 9.24. The largest absolute Gasteiger partial charge is 0.346 e. The van der Waals surface area contributed by atoms with Gasteiger partial charge in [-0.25, -0.2) is 9.97 Å². The Hall–Kier alpha value is -3.19. The minimum atomic E-state index is 0.000604. The van der Waals surface area contributed by atoms with Crippen LogP contribution in [0.5, 0.6) is 0 Å². The fourth-order valence-electron chi connectivity index (χ4n) is 3.80. The number of H-pyrrole nitrogens is 1. The highest BCUT2D eigenvalue weighted by Crippen LogP contribution is 2.39. The number of fused-ring (bicyclic) bond motifs is 1. The first-order valence-electron chi connectivity index (χ1n) is 8.39. The molecule has 3 aromatic rings. The molecule has 0 amide bonds. The third-order valence-corrected chi connectivity index (χ3v) is 5.07. The summed E-state index contributed by atoms with van der Waals surface area (Å²) in [6.07, 6.45) is 10.2. The number of nitrogens with one attached hydrogen (secondary N) is 1. The lowest BCUT2D eigenvalue weighted by Gasteiger charge is -2.21. The predicted octanol–water partition coefficient (Wildman–Crippen LogP) is 3.22. The van der Waals surface area contributed by atoms with Gasteiger partial charge in [-0.15, -0.1) is 0 Å². The molecule has 4 rings (SSSR count). The molecule has 0 spiro atoms. The molecule has 3 atom stereocenters. The smallest absolute Gasteiger partial charge is 0.141 e. The summed E-state index contributed by atoms with van der Waals surface area (Å²) in [4.78, 5) is 11.7. The monoisotopic (exact) mass is 331 g/mol. The van der Waals surface area contributed by atoms with Crippen LogP contribution in [0.1, 0.15) is 31.7 Å². The molecule has 3 heterocycles. The van der Waals surface area contributed by atoms with Crippen molar-refractivity contribution in [1.29, 1.82) is 10.5 Å². The van der Waals surface area contributed by atoms with Gasteiger partial charge in [-0.1, -0.05) is 0 Å². The predicted molar refractivity (Wildman–Crippen MR) is 90.8 cm³/mol. The molecular weight excluding hydrogens is 314 g/mol. The van der Waals surface area contributed by atoms with Gasteiger partial charge >= 0.3 is 0 Å². The summed E-state index contributed by atoms with van der Waals surface area (Å²) in [7, 11) is 0. The van der Waals surface area contributed by atoms with E-state index in [-0.39, 0.29) is 12.0 Å². The maximum atomic E-state index is 9.24. The van der Waals surface area contributed by atoms with E-state index in [2.05, 4.69) is 32.2 Å². The van der Waals surface area contributed by atoms with Crippen molar-refractivity contribution in [1.82, 2.24) is 24.7 Å². The van der Waals surface area contributed by atoms with Crippen LogP contribution in [0.2, 0.25) is 0 Å². The van der Waals surface area contributed by atoms with E-state index < -0.39 is 0 Å². The van der Waals surface area contributed by atoms with E-state index in [9.17, 15) is 5.26 Å². The first-order valence-corrected chi connectivity index (χ1v) is 8.39. The number of nitriles is 2. The zero-order valence-electron chi connectivity index (χ0n) is 13.6. The SMILES string of the molecule is N#CCC(C1CCC(C#N)C1)n1cc(-c2ncnc3[nH]ccc23)cn1. The highest BCUT2D eigenvalue weighted by Gasteiger charge is 2.32.